The Bertz CT molecular complexity index is 580. The van der Waals surface area contributed by atoms with Crippen LogP contribution < -0.4 is 15.8 Å². The fourth-order valence-corrected chi connectivity index (χ4v) is 1.70. The quantitative estimate of drug-likeness (QED) is 0.772. The molecule has 6 nitrogen and oxygen atoms in total. The van der Waals surface area contributed by atoms with E-state index in [-0.39, 0.29) is 12.3 Å². The largest absolute Gasteiger partial charge is 0.491 e. The summed E-state index contributed by atoms with van der Waals surface area (Å²) in [7, 11) is 1.88. The van der Waals surface area contributed by atoms with Crippen molar-refractivity contribution in [2.75, 3.05) is 12.3 Å². The zero-order valence-corrected chi connectivity index (χ0v) is 11.4. The second kappa shape index (κ2) is 6.60. The number of imidazole rings is 1. The summed E-state index contributed by atoms with van der Waals surface area (Å²) < 4.78 is 7.32. The molecule has 0 saturated carbocycles. The normalized spacial score (nSPS) is 10.2. The Morgan fingerprint density at radius 3 is 2.95 bits per heavy atom. The van der Waals surface area contributed by atoms with Gasteiger partial charge >= 0.3 is 0 Å². The molecule has 106 valence electrons. The first-order chi connectivity index (χ1) is 9.66. The molecule has 0 unspecified atom stereocenters. The molecule has 3 N–H and O–H groups in total. The first kappa shape index (κ1) is 13.9. The van der Waals surface area contributed by atoms with Crippen molar-refractivity contribution in [1.82, 2.24) is 14.9 Å². The lowest BCUT2D eigenvalue weighted by Gasteiger charge is -2.09. The van der Waals surface area contributed by atoms with Crippen molar-refractivity contribution in [3.8, 4) is 5.75 Å². The highest BCUT2D eigenvalue weighted by molar-refractivity contribution is 5.75. The number of ether oxygens (including phenoxy) is 1. The molecule has 1 amide bonds. The van der Waals surface area contributed by atoms with Gasteiger partial charge in [0.05, 0.1) is 25.3 Å². The van der Waals surface area contributed by atoms with E-state index in [0.717, 1.165) is 5.82 Å². The number of anilines is 1. The van der Waals surface area contributed by atoms with Crippen molar-refractivity contribution in [3.63, 3.8) is 0 Å². The predicted molar refractivity (Wildman–Crippen MR) is 76.0 cm³/mol. The van der Waals surface area contributed by atoms with Gasteiger partial charge in [0.15, 0.2) is 0 Å². The summed E-state index contributed by atoms with van der Waals surface area (Å²) >= 11 is 0. The Hall–Kier alpha value is -2.50. The molecule has 1 heterocycles. The highest BCUT2D eigenvalue weighted by Crippen LogP contribution is 2.19. The monoisotopic (exact) mass is 274 g/mol. The van der Waals surface area contributed by atoms with Crippen molar-refractivity contribution >= 4 is 11.6 Å². The van der Waals surface area contributed by atoms with Gasteiger partial charge in [0.25, 0.3) is 0 Å². The van der Waals surface area contributed by atoms with Gasteiger partial charge in [0.1, 0.15) is 11.6 Å². The fraction of sp³-hybridized carbons (Fsp3) is 0.286. The molecule has 0 saturated heterocycles. The lowest BCUT2D eigenvalue weighted by molar-refractivity contribution is -0.121. The number of nitrogen functional groups attached to an aromatic ring is 1. The van der Waals surface area contributed by atoms with Crippen LogP contribution in [0.1, 0.15) is 12.2 Å². The van der Waals surface area contributed by atoms with Crippen molar-refractivity contribution in [2.24, 2.45) is 7.05 Å². The van der Waals surface area contributed by atoms with Crippen molar-refractivity contribution < 1.29 is 9.53 Å². The van der Waals surface area contributed by atoms with E-state index in [1.165, 1.54) is 0 Å². The Morgan fingerprint density at radius 1 is 1.45 bits per heavy atom. The van der Waals surface area contributed by atoms with Crippen LogP contribution in [-0.2, 0) is 18.4 Å². The molecule has 1 aromatic carbocycles. The van der Waals surface area contributed by atoms with Gasteiger partial charge in [-0.3, -0.25) is 4.79 Å². The van der Waals surface area contributed by atoms with Crippen LogP contribution in [0.4, 0.5) is 5.69 Å². The van der Waals surface area contributed by atoms with Crippen LogP contribution in [0.2, 0.25) is 0 Å². The van der Waals surface area contributed by atoms with Crippen LogP contribution in [-0.4, -0.2) is 22.1 Å². The third-order valence-electron chi connectivity index (χ3n) is 2.87. The van der Waals surface area contributed by atoms with Crippen molar-refractivity contribution in [1.29, 1.82) is 0 Å². The number of aryl methyl sites for hydroxylation is 1. The van der Waals surface area contributed by atoms with E-state index in [1.54, 1.807) is 18.3 Å². The van der Waals surface area contributed by atoms with E-state index in [4.69, 9.17) is 10.5 Å². The molecule has 0 bridgehead atoms. The van der Waals surface area contributed by atoms with Crippen LogP contribution >= 0.6 is 0 Å². The Kier molecular flexibility index (Phi) is 4.60. The van der Waals surface area contributed by atoms with Gasteiger partial charge in [0.2, 0.25) is 5.91 Å². The first-order valence-electron chi connectivity index (χ1n) is 6.37. The summed E-state index contributed by atoms with van der Waals surface area (Å²) in [4.78, 5) is 15.8. The molecule has 1 aromatic heterocycles. The van der Waals surface area contributed by atoms with Crippen LogP contribution in [0.15, 0.2) is 36.7 Å². The van der Waals surface area contributed by atoms with E-state index < -0.39 is 0 Å². The number of hydrogen-bond donors (Lipinski definition) is 2. The highest BCUT2D eigenvalue weighted by Gasteiger charge is 2.05. The summed E-state index contributed by atoms with van der Waals surface area (Å²) in [6, 6.07) is 7.21. The maximum Gasteiger partial charge on any atom is 0.223 e. The molecule has 2 rings (SSSR count). The van der Waals surface area contributed by atoms with Gasteiger partial charge in [-0.05, 0) is 12.1 Å². The average molecular weight is 274 g/mol. The maximum absolute atomic E-state index is 11.7. The third-order valence-corrected chi connectivity index (χ3v) is 2.87. The number of nitrogens with one attached hydrogen (secondary N) is 1. The van der Waals surface area contributed by atoms with Crippen molar-refractivity contribution in [3.05, 3.63) is 42.5 Å². The smallest absolute Gasteiger partial charge is 0.223 e. The van der Waals surface area contributed by atoms with E-state index in [2.05, 4.69) is 10.3 Å². The standard InChI is InChI=1S/C14H18N4O2/c1-18-8-7-16-13(18)10-17-14(19)6-9-20-12-5-3-2-4-11(12)15/h2-5,7-8H,6,9-10,15H2,1H3,(H,17,19). The summed E-state index contributed by atoms with van der Waals surface area (Å²) in [6.45, 7) is 0.705. The third kappa shape index (κ3) is 3.74. The van der Waals surface area contributed by atoms with Gasteiger partial charge in [0, 0.05) is 19.4 Å². The second-order valence-corrected chi connectivity index (χ2v) is 4.37. The number of amides is 1. The Labute approximate surface area is 117 Å². The first-order valence-corrected chi connectivity index (χ1v) is 6.37. The summed E-state index contributed by atoms with van der Waals surface area (Å²) in [5.74, 6) is 1.33. The van der Waals surface area contributed by atoms with Gasteiger partial charge in [-0.15, -0.1) is 0 Å². The molecule has 0 aliphatic rings. The minimum atomic E-state index is -0.0810. The molecular weight excluding hydrogens is 256 g/mol. The number of benzene rings is 1. The van der Waals surface area contributed by atoms with Crippen LogP contribution in [0.3, 0.4) is 0 Å². The summed E-state index contributed by atoms with van der Waals surface area (Å²) in [5, 5.41) is 2.79. The molecule has 0 atom stereocenters. The number of rotatable bonds is 6. The number of nitrogens with two attached hydrogens (primary N) is 1. The molecule has 2 aromatic rings. The molecule has 0 aliphatic heterocycles. The lowest BCUT2D eigenvalue weighted by Crippen LogP contribution is -2.25. The number of carbonyl (C=O) groups excluding carboxylic acids is 1. The topological polar surface area (TPSA) is 82.2 Å². The van der Waals surface area contributed by atoms with Crippen LogP contribution in [0.5, 0.6) is 5.75 Å². The van der Waals surface area contributed by atoms with E-state index in [9.17, 15) is 4.79 Å². The minimum absolute atomic E-state index is 0.0810. The van der Waals surface area contributed by atoms with E-state index >= 15 is 0 Å². The Morgan fingerprint density at radius 2 is 2.25 bits per heavy atom. The van der Waals surface area contributed by atoms with Gasteiger partial charge in [-0.25, -0.2) is 4.98 Å². The summed E-state index contributed by atoms with van der Waals surface area (Å²) in [6.07, 6.45) is 3.81. The van der Waals surface area contributed by atoms with Gasteiger partial charge in [-0.2, -0.15) is 0 Å². The molecule has 6 heteroatoms. The highest BCUT2D eigenvalue weighted by atomic mass is 16.5. The van der Waals surface area contributed by atoms with Crippen molar-refractivity contribution in [2.45, 2.75) is 13.0 Å². The second-order valence-electron chi connectivity index (χ2n) is 4.37. The average Bonchev–Trinajstić information content (AvgIpc) is 2.84. The molecular formula is C14H18N4O2. The van der Waals surface area contributed by atoms with E-state index in [0.29, 0.717) is 24.6 Å². The van der Waals surface area contributed by atoms with Crippen LogP contribution in [0, 0.1) is 0 Å². The molecule has 0 aliphatic carbocycles. The minimum Gasteiger partial charge on any atom is -0.491 e. The number of nitrogens with zero attached hydrogens (tertiary/aromatic N) is 2. The van der Waals surface area contributed by atoms with Gasteiger partial charge < -0.3 is 20.4 Å². The fourth-order valence-electron chi connectivity index (χ4n) is 1.70. The molecule has 0 spiro atoms. The van der Waals surface area contributed by atoms with Crippen LogP contribution in [0.25, 0.3) is 0 Å². The molecule has 20 heavy (non-hydrogen) atoms. The predicted octanol–water partition coefficient (Wildman–Crippen LogP) is 1.09. The zero-order valence-electron chi connectivity index (χ0n) is 11.4. The number of para-hydroxylation sites is 2. The van der Waals surface area contributed by atoms with E-state index in [1.807, 2.05) is 29.9 Å². The molecule has 0 fully saturated rings. The maximum atomic E-state index is 11.7. The van der Waals surface area contributed by atoms with Gasteiger partial charge in [-0.1, -0.05) is 12.1 Å². The number of carbonyl (C=O) groups is 1. The lowest BCUT2D eigenvalue weighted by atomic mass is 10.3. The summed E-state index contributed by atoms with van der Waals surface area (Å²) in [5.41, 5.74) is 6.31. The number of aromatic nitrogens is 2. The SMILES string of the molecule is Cn1ccnc1CNC(=O)CCOc1ccccc1N. The number of hydrogen-bond acceptors (Lipinski definition) is 4. The molecule has 0 radical (unpaired) electrons. The Balaban J connectivity index is 1.71. The zero-order chi connectivity index (χ0) is 14.4.